The van der Waals surface area contributed by atoms with E-state index in [-0.39, 0.29) is 29.6 Å². The average Bonchev–Trinajstić information content (AvgIpc) is 2.50. The van der Waals surface area contributed by atoms with Gasteiger partial charge < -0.3 is 4.52 Å². The van der Waals surface area contributed by atoms with Gasteiger partial charge in [-0.2, -0.15) is 0 Å². The molecule has 1 unspecified atom stereocenters. The van der Waals surface area contributed by atoms with E-state index in [1.54, 1.807) is 0 Å². The summed E-state index contributed by atoms with van der Waals surface area (Å²) in [5.41, 5.74) is 0. The van der Waals surface area contributed by atoms with Gasteiger partial charge in [0, 0.05) is 0 Å². The van der Waals surface area contributed by atoms with Crippen LogP contribution in [0.25, 0.3) is 0 Å². The Morgan fingerprint density at radius 1 is 0.591 bits per heavy atom. The van der Waals surface area contributed by atoms with Gasteiger partial charge in [-0.15, -0.1) is 0 Å². The standard InChI is InChI=1S/C18H39O2P.Na.H/c1-2-3-4-5-6-7-8-9-10-11-12-13-14-15-16-17-18-20-21-19;;/h2-18,21H2,1H3;;. The van der Waals surface area contributed by atoms with E-state index in [1.165, 1.54) is 96.3 Å². The van der Waals surface area contributed by atoms with E-state index in [1.807, 2.05) is 0 Å². The van der Waals surface area contributed by atoms with Crippen LogP contribution in [0.5, 0.6) is 0 Å². The van der Waals surface area contributed by atoms with E-state index in [0.717, 1.165) is 6.42 Å². The van der Waals surface area contributed by atoms with Gasteiger partial charge in [-0.1, -0.05) is 103 Å². The van der Waals surface area contributed by atoms with Crippen molar-refractivity contribution in [2.45, 2.75) is 110 Å². The molecule has 0 aliphatic heterocycles. The first-order valence-corrected chi connectivity index (χ1v) is 10.4. The van der Waals surface area contributed by atoms with E-state index >= 15 is 0 Å². The third-order valence-corrected chi connectivity index (χ3v) is 4.56. The fraction of sp³-hybridized carbons (Fsp3) is 1.00. The Morgan fingerprint density at radius 3 is 1.23 bits per heavy atom. The van der Waals surface area contributed by atoms with Gasteiger partial charge in [-0.3, -0.25) is 4.57 Å². The molecule has 0 aromatic carbocycles. The summed E-state index contributed by atoms with van der Waals surface area (Å²) in [6.45, 7) is 2.97. The van der Waals surface area contributed by atoms with Gasteiger partial charge in [0.25, 0.3) is 0 Å². The summed E-state index contributed by atoms with van der Waals surface area (Å²) in [6, 6.07) is 0. The summed E-state index contributed by atoms with van der Waals surface area (Å²) in [6.07, 6.45) is 22.2. The summed E-state index contributed by atoms with van der Waals surface area (Å²) in [5.74, 6) is 0. The summed E-state index contributed by atoms with van der Waals surface area (Å²) in [7, 11) is -0.992. The Kier molecular flexibility index (Phi) is 28.3. The van der Waals surface area contributed by atoms with Gasteiger partial charge >= 0.3 is 29.6 Å². The van der Waals surface area contributed by atoms with Crippen molar-refractivity contribution in [3.05, 3.63) is 0 Å². The van der Waals surface area contributed by atoms with Crippen molar-refractivity contribution in [3.63, 3.8) is 0 Å². The molecule has 0 spiro atoms. The Labute approximate surface area is 163 Å². The van der Waals surface area contributed by atoms with Gasteiger partial charge in [0.2, 0.25) is 0 Å². The Balaban J connectivity index is 0. The fourth-order valence-electron chi connectivity index (χ4n) is 2.78. The van der Waals surface area contributed by atoms with Crippen molar-refractivity contribution in [3.8, 4) is 0 Å². The molecular weight excluding hydrogens is 302 g/mol. The summed E-state index contributed by atoms with van der Waals surface area (Å²) < 4.78 is 15.0. The molecule has 0 N–H and O–H groups in total. The number of hydrogen-bond donors (Lipinski definition) is 0. The molecule has 0 fully saturated rings. The van der Waals surface area contributed by atoms with Crippen LogP contribution in [0.2, 0.25) is 0 Å². The zero-order valence-corrected chi connectivity index (χ0v) is 15.6. The van der Waals surface area contributed by atoms with Crippen molar-refractivity contribution in [2.75, 3.05) is 6.61 Å². The topological polar surface area (TPSA) is 26.3 Å². The number of rotatable bonds is 18. The predicted octanol–water partition coefficient (Wildman–Crippen LogP) is 6.29. The number of hydrogen-bond acceptors (Lipinski definition) is 2. The average molecular weight is 342 g/mol. The van der Waals surface area contributed by atoms with Crippen molar-refractivity contribution < 1.29 is 9.09 Å². The molecule has 0 saturated heterocycles. The zero-order chi connectivity index (χ0) is 15.4. The predicted molar refractivity (Wildman–Crippen MR) is 103 cm³/mol. The monoisotopic (exact) mass is 342 g/mol. The SMILES string of the molecule is CCCCCCCCCCCCCCCCCCO[PH2]=O.[NaH]. The van der Waals surface area contributed by atoms with Crippen LogP contribution in [-0.2, 0) is 9.09 Å². The van der Waals surface area contributed by atoms with Gasteiger partial charge in [-0.25, -0.2) is 0 Å². The molecule has 0 radical (unpaired) electrons. The van der Waals surface area contributed by atoms with Crippen molar-refractivity contribution in [1.82, 2.24) is 0 Å². The molecule has 0 amide bonds. The van der Waals surface area contributed by atoms with E-state index in [4.69, 9.17) is 4.52 Å². The Bertz CT molecular complexity index is 204. The molecule has 0 aromatic rings. The molecule has 130 valence electrons. The first-order chi connectivity index (χ1) is 10.4. The molecule has 1 atom stereocenters. The molecule has 22 heavy (non-hydrogen) atoms. The van der Waals surface area contributed by atoms with E-state index in [0.29, 0.717) is 6.61 Å². The maximum atomic E-state index is 10.2. The second kappa shape index (κ2) is 24.4. The van der Waals surface area contributed by atoms with E-state index < -0.39 is 8.69 Å². The molecule has 4 heteroatoms. The normalized spacial score (nSPS) is 11.1. The summed E-state index contributed by atoms with van der Waals surface area (Å²) in [5, 5.41) is 0. The second-order valence-electron chi connectivity index (χ2n) is 6.27. The van der Waals surface area contributed by atoms with E-state index in [2.05, 4.69) is 6.92 Å². The third kappa shape index (κ3) is 23.5. The molecule has 0 bridgehead atoms. The van der Waals surface area contributed by atoms with Crippen LogP contribution in [0.4, 0.5) is 0 Å². The van der Waals surface area contributed by atoms with Gasteiger partial charge in [0.15, 0.2) is 8.69 Å². The quantitative estimate of drug-likeness (QED) is 0.166. The third-order valence-electron chi connectivity index (χ3n) is 4.18. The molecular formula is C18H40NaO2P. The first-order valence-electron chi connectivity index (χ1n) is 9.47. The van der Waals surface area contributed by atoms with Crippen LogP contribution in [0.15, 0.2) is 0 Å². The Morgan fingerprint density at radius 2 is 0.909 bits per heavy atom. The summed E-state index contributed by atoms with van der Waals surface area (Å²) in [4.78, 5) is 0. The van der Waals surface area contributed by atoms with Crippen LogP contribution < -0.4 is 0 Å². The number of unbranched alkanes of at least 4 members (excludes halogenated alkanes) is 15. The fourth-order valence-corrected chi connectivity index (χ4v) is 3.04. The maximum absolute atomic E-state index is 10.2. The van der Waals surface area contributed by atoms with E-state index in [9.17, 15) is 4.57 Å². The molecule has 0 saturated carbocycles. The molecule has 0 aromatic heterocycles. The van der Waals surface area contributed by atoms with Gasteiger partial charge in [-0.05, 0) is 6.42 Å². The molecule has 2 nitrogen and oxygen atoms in total. The molecule has 0 aliphatic carbocycles. The van der Waals surface area contributed by atoms with Crippen LogP contribution in [0.3, 0.4) is 0 Å². The minimum absolute atomic E-state index is 0. The van der Waals surface area contributed by atoms with Crippen molar-refractivity contribution >= 4 is 38.2 Å². The zero-order valence-electron chi connectivity index (χ0n) is 14.4. The molecule has 0 rings (SSSR count). The molecule has 0 aliphatic rings. The molecule has 0 heterocycles. The van der Waals surface area contributed by atoms with Crippen LogP contribution >= 0.6 is 8.69 Å². The van der Waals surface area contributed by atoms with Crippen LogP contribution in [-0.4, -0.2) is 36.2 Å². The summed E-state index contributed by atoms with van der Waals surface area (Å²) >= 11 is 0. The van der Waals surface area contributed by atoms with Gasteiger partial charge in [0.1, 0.15) is 0 Å². The second-order valence-corrected chi connectivity index (χ2v) is 6.80. The van der Waals surface area contributed by atoms with Gasteiger partial charge in [0.05, 0.1) is 6.61 Å². The minimum atomic E-state index is -0.992. The Hall–Kier alpha value is 1.19. The van der Waals surface area contributed by atoms with Crippen molar-refractivity contribution in [1.29, 1.82) is 0 Å². The van der Waals surface area contributed by atoms with Crippen LogP contribution in [0, 0.1) is 0 Å². The van der Waals surface area contributed by atoms with Crippen molar-refractivity contribution in [2.24, 2.45) is 0 Å². The first kappa shape index (κ1) is 25.4. The van der Waals surface area contributed by atoms with Crippen LogP contribution in [0.1, 0.15) is 110 Å².